The van der Waals surface area contributed by atoms with Gasteiger partial charge in [-0.2, -0.15) is 5.21 Å². The number of amides is 2. The summed E-state index contributed by atoms with van der Waals surface area (Å²) in [6.45, 7) is 5.32. The molecule has 0 aliphatic carbocycles. The Kier molecular flexibility index (Phi) is 4.39. The van der Waals surface area contributed by atoms with Crippen LogP contribution in [0.4, 0.5) is 10.5 Å². The molecule has 0 unspecified atom stereocenters. The number of nitrogens with one attached hydrogen (secondary N) is 3. The van der Waals surface area contributed by atoms with Crippen molar-refractivity contribution in [1.82, 2.24) is 25.9 Å². The van der Waals surface area contributed by atoms with Crippen LogP contribution in [0.25, 0.3) is 11.4 Å². The number of H-pyrrole nitrogens is 1. The maximum absolute atomic E-state index is 12.4. The van der Waals surface area contributed by atoms with E-state index >= 15 is 0 Å². The van der Waals surface area contributed by atoms with Crippen LogP contribution in [0.2, 0.25) is 0 Å². The number of hydrogen-bond donors (Lipinski definition) is 3. The lowest BCUT2D eigenvalue weighted by Gasteiger charge is -2.22. The predicted molar refractivity (Wildman–Crippen MR) is 89.7 cm³/mol. The van der Waals surface area contributed by atoms with Crippen molar-refractivity contribution in [3.8, 4) is 11.4 Å². The summed E-state index contributed by atoms with van der Waals surface area (Å²) >= 11 is 0. The number of nitrogens with zero attached hydrogens (tertiary/aromatic N) is 3. The number of benzene rings is 1. The average Bonchev–Trinajstić information content (AvgIpc) is 3.00. The molecule has 0 spiro atoms. The Balaban J connectivity index is 1.73. The molecule has 9 nitrogen and oxygen atoms in total. The summed E-state index contributed by atoms with van der Waals surface area (Å²) in [7, 11) is 0. The van der Waals surface area contributed by atoms with Crippen LogP contribution in [-0.2, 0) is 16.0 Å². The van der Waals surface area contributed by atoms with Gasteiger partial charge in [-0.05, 0) is 62.6 Å². The van der Waals surface area contributed by atoms with Gasteiger partial charge < -0.3 is 15.4 Å². The Bertz CT molecular complexity index is 782. The van der Waals surface area contributed by atoms with Crippen molar-refractivity contribution >= 4 is 17.7 Å². The van der Waals surface area contributed by atoms with E-state index in [0.29, 0.717) is 24.4 Å². The zero-order valence-electron chi connectivity index (χ0n) is 14.3. The summed E-state index contributed by atoms with van der Waals surface area (Å²) < 4.78 is 5.22. The molecule has 0 bridgehead atoms. The van der Waals surface area contributed by atoms with E-state index in [1.54, 1.807) is 26.8 Å². The highest BCUT2D eigenvalue weighted by molar-refractivity contribution is 5.98. The number of aromatic amines is 1. The summed E-state index contributed by atoms with van der Waals surface area (Å²) in [5, 5.41) is 19.3. The van der Waals surface area contributed by atoms with E-state index < -0.39 is 17.7 Å². The minimum atomic E-state index is -0.657. The van der Waals surface area contributed by atoms with Gasteiger partial charge in [0.2, 0.25) is 11.7 Å². The first-order valence-electron chi connectivity index (χ1n) is 7.99. The van der Waals surface area contributed by atoms with Crippen LogP contribution in [0.3, 0.4) is 0 Å². The van der Waals surface area contributed by atoms with Gasteiger partial charge in [0, 0.05) is 11.3 Å². The third kappa shape index (κ3) is 4.11. The van der Waals surface area contributed by atoms with Crippen molar-refractivity contribution in [2.45, 2.75) is 45.3 Å². The fourth-order valence-corrected chi connectivity index (χ4v) is 2.58. The second-order valence-electron chi connectivity index (χ2n) is 6.83. The number of ether oxygens (including phenoxy) is 1. The first-order chi connectivity index (χ1) is 11.8. The number of rotatable bonds is 2. The Morgan fingerprint density at radius 3 is 2.84 bits per heavy atom. The van der Waals surface area contributed by atoms with Gasteiger partial charge in [0.25, 0.3) is 0 Å². The topological polar surface area (TPSA) is 122 Å². The molecular weight excluding hydrogens is 324 g/mol. The third-order valence-electron chi connectivity index (χ3n) is 3.68. The fourth-order valence-electron chi connectivity index (χ4n) is 2.58. The molecule has 0 radical (unpaired) electrons. The normalized spacial score (nSPS) is 17.2. The highest BCUT2D eigenvalue weighted by atomic mass is 16.6. The summed E-state index contributed by atoms with van der Waals surface area (Å²) in [6, 6.07) is 4.87. The standard InChI is InChI=1S/C16H20N6O3/c1-16(2,3)25-15(24)18-12-7-4-9-8-10(13-19-21-22-20-13)5-6-11(9)17-14(12)23/h5-6,8,12H,4,7H2,1-3H3,(H,17,23)(H,18,24)(H,19,20,21,22)/t12-/m1/s1. The number of aromatic nitrogens is 4. The molecule has 2 heterocycles. The Hall–Kier alpha value is -2.97. The van der Waals surface area contributed by atoms with Crippen molar-refractivity contribution < 1.29 is 14.3 Å². The number of carbonyl (C=O) groups is 2. The molecule has 1 aromatic carbocycles. The first-order valence-corrected chi connectivity index (χ1v) is 7.99. The Morgan fingerprint density at radius 1 is 1.36 bits per heavy atom. The quantitative estimate of drug-likeness (QED) is 0.761. The lowest BCUT2D eigenvalue weighted by molar-refractivity contribution is -0.118. The van der Waals surface area contributed by atoms with Gasteiger partial charge in [-0.15, -0.1) is 10.2 Å². The summed E-state index contributed by atoms with van der Waals surface area (Å²) in [4.78, 5) is 24.3. The summed E-state index contributed by atoms with van der Waals surface area (Å²) in [5.74, 6) is 0.221. The van der Waals surface area contributed by atoms with Crippen molar-refractivity contribution in [3.05, 3.63) is 23.8 Å². The van der Waals surface area contributed by atoms with E-state index in [9.17, 15) is 9.59 Å². The van der Waals surface area contributed by atoms with E-state index in [-0.39, 0.29) is 5.91 Å². The van der Waals surface area contributed by atoms with Crippen LogP contribution in [0.15, 0.2) is 18.2 Å². The van der Waals surface area contributed by atoms with Crippen LogP contribution < -0.4 is 10.6 Å². The van der Waals surface area contributed by atoms with E-state index in [4.69, 9.17) is 4.74 Å². The van der Waals surface area contributed by atoms with Crippen molar-refractivity contribution in [1.29, 1.82) is 0 Å². The smallest absolute Gasteiger partial charge is 0.408 e. The predicted octanol–water partition coefficient (Wildman–Crippen LogP) is 1.64. The molecule has 0 fully saturated rings. The number of anilines is 1. The number of hydrogen-bond acceptors (Lipinski definition) is 6. The molecule has 1 aliphatic heterocycles. The number of carbonyl (C=O) groups excluding carboxylic acids is 2. The van der Waals surface area contributed by atoms with Crippen molar-refractivity contribution in [2.24, 2.45) is 0 Å². The molecule has 1 aromatic heterocycles. The highest BCUT2D eigenvalue weighted by Crippen LogP contribution is 2.26. The number of fused-ring (bicyclic) bond motifs is 1. The van der Waals surface area contributed by atoms with Gasteiger partial charge in [0.15, 0.2) is 0 Å². The van der Waals surface area contributed by atoms with Gasteiger partial charge >= 0.3 is 6.09 Å². The zero-order valence-corrected chi connectivity index (χ0v) is 14.3. The molecular formula is C16H20N6O3. The van der Waals surface area contributed by atoms with Gasteiger partial charge in [-0.1, -0.05) is 0 Å². The molecule has 0 saturated heterocycles. The van der Waals surface area contributed by atoms with E-state index in [0.717, 1.165) is 11.1 Å². The second kappa shape index (κ2) is 6.50. The Labute approximate surface area is 144 Å². The summed E-state index contributed by atoms with van der Waals surface area (Å²) in [6.07, 6.45) is 0.472. The molecule has 132 valence electrons. The second-order valence-corrected chi connectivity index (χ2v) is 6.83. The van der Waals surface area contributed by atoms with Crippen LogP contribution >= 0.6 is 0 Å². The first kappa shape index (κ1) is 16.9. The molecule has 1 aliphatic rings. The zero-order chi connectivity index (χ0) is 18.0. The lowest BCUT2D eigenvalue weighted by Crippen LogP contribution is -2.45. The van der Waals surface area contributed by atoms with Gasteiger partial charge in [0.05, 0.1) is 0 Å². The number of tetrazole rings is 1. The molecule has 0 saturated carbocycles. The minimum Gasteiger partial charge on any atom is -0.444 e. The van der Waals surface area contributed by atoms with Crippen LogP contribution in [0.1, 0.15) is 32.8 Å². The summed E-state index contributed by atoms with van der Waals surface area (Å²) in [5.41, 5.74) is 1.85. The van der Waals surface area contributed by atoms with Gasteiger partial charge in [0.1, 0.15) is 11.6 Å². The monoisotopic (exact) mass is 344 g/mol. The molecule has 3 N–H and O–H groups in total. The Morgan fingerprint density at radius 2 is 2.16 bits per heavy atom. The van der Waals surface area contributed by atoms with Gasteiger partial charge in [-0.3, -0.25) is 4.79 Å². The van der Waals surface area contributed by atoms with E-state index in [1.165, 1.54) is 0 Å². The minimum absolute atomic E-state index is 0.267. The largest absolute Gasteiger partial charge is 0.444 e. The number of alkyl carbamates (subject to hydrolysis) is 1. The lowest BCUT2D eigenvalue weighted by atomic mass is 10.0. The van der Waals surface area contributed by atoms with E-state index in [2.05, 4.69) is 31.3 Å². The molecule has 2 amide bonds. The maximum atomic E-state index is 12.4. The van der Waals surface area contributed by atoms with Gasteiger partial charge in [-0.25, -0.2) is 4.79 Å². The van der Waals surface area contributed by atoms with Crippen molar-refractivity contribution in [2.75, 3.05) is 5.32 Å². The fraction of sp³-hybridized carbons (Fsp3) is 0.438. The van der Waals surface area contributed by atoms with Crippen LogP contribution in [0, 0.1) is 0 Å². The maximum Gasteiger partial charge on any atom is 0.408 e. The molecule has 1 atom stereocenters. The highest BCUT2D eigenvalue weighted by Gasteiger charge is 2.27. The SMILES string of the molecule is CC(C)(C)OC(=O)N[C@@H]1CCc2cc(-c3nn[nH]n3)ccc2NC1=O. The van der Waals surface area contributed by atoms with E-state index in [1.807, 2.05) is 12.1 Å². The van der Waals surface area contributed by atoms with Crippen LogP contribution in [0.5, 0.6) is 0 Å². The van der Waals surface area contributed by atoms with Crippen LogP contribution in [-0.4, -0.2) is 44.3 Å². The molecule has 2 aromatic rings. The number of aryl methyl sites for hydroxylation is 1. The molecule has 3 rings (SSSR count). The molecule has 25 heavy (non-hydrogen) atoms. The third-order valence-corrected chi connectivity index (χ3v) is 3.68. The van der Waals surface area contributed by atoms with Crippen molar-refractivity contribution in [3.63, 3.8) is 0 Å². The molecule has 9 heteroatoms. The average molecular weight is 344 g/mol.